The van der Waals surface area contributed by atoms with Crippen LogP contribution in [0.2, 0.25) is 0 Å². The lowest BCUT2D eigenvalue weighted by molar-refractivity contribution is 0.381. The summed E-state index contributed by atoms with van der Waals surface area (Å²) in [5.74, 6) is 0. The summed E-state index contributed by atoms with van der Waals surface area (Å²) in [5, 5.41) is 3.14. The Labute approximate surface area is 94.4 Å². The Hall–Kier alpha value is -1.57. The second kappa shape index (κ2) is 6.83. The largest absolute Gasteiger partial charge is 0.399 e. The fraction of sp³-hybridized carbons (Fsp3) is 0.111. The first-order valence-electron chi connectivity index (χ1n) is 4.23. The minimum absolute atomic E-state index is 0.767. The Morgan fingerprint density at radius 2 is 2.00 bits per heavy atom. The van der Waals surface area contributed by atoms with E-state index in [0.29, 0.717) is 0 Å². The van der Waals surface area contributed by atoms with Crippen LogP contribution >= 0.6 is 0 Å². The molecule has 0 aliphatic rings. The average Bonchev–Trinajstić information content (AvgIpc) is 2.12. The lowest BCUT2D eigenvalue weighted by Crippen LogP contribution is -1.97. The van der Waals surface area contributed by atoms with Crippen LogP contribution in [0.15, 0.2) is 36.9 Å². The fourth-order valence-corrected chi connectivity index (χ4v) is 0.839. The van der Waals surface area contributed by atoms with Crippen LogP contribution in [-0.4, -0.2) is 24.1 Å². The lowest BCUT2D eigenvalue weighted by Gasteiger charge is -2.02. The maximum absolute atomic E-state index is 8.74. The molecule has 16 heavy (non-hydrogen) atoms. The molecule has 1 aromatic carbocycles. The number of hydrogen-bond acceptors (Lipinski definition) is 4. The summed E-state index contributed by atoms with van der Waals surface area (Å²) in [6.45, 7) is 4.37. The molecule has 0 aliphatic carbocycles. The van der Waals surface area contributed by atoms with Crippen molar-refractivity contribution in [2.24, 2.45) is 0 Å². The van der Waals surface area contributed by atoms with Gasteiger partial charge in [0.15, 0.2) is 0 Å². The van der Waals surface area contributed by atoms with Gasteiger partial charge in [-0.3, -0.25) is 9.11 Å². The standard InChI is InChI=1S/C9H12N2.H2O4S/c1-2-6-11-9-5-3-4-8(10)7-9;1-5(2,3)4/h2-5,7,11H,1,6,10H2;(H2,1,2,3,4). The van der Waals surface area contributed by atoms with Gasteiger partial charge in [0.05, 0.1) is 0 Å². The molecule has 0 radical (unpaired) electrons. The highest BCUT2D eigenvalue weighted by Gasteiger charge is 1.88. The normalized spacial score (nSPS) is 9.88. The van der Waals surface area contributed by atoms with E-state index in [1.54, 1.807) is 0 Å². The van der Waals surface area contributed by atoms with Crippen molar-refractivity contribution in [1.29, 1.82) is 0 Å². The topological polar surface area (TPSA) is 113 Å². The number of rotatable bonds is 3. The van der Waals surface area contributed by atoms with Gasteiger partial charge in [-0.05, 0) is 18.2 Å². The summed E-state index contributed by atoms with van der Waals surface area (Å²) in [7, 11) is -4.67. The zero-order chi connectivity index (χ0) is 12.6. The number of nitrogens with one attached hydrogen (secondary N) is 1. The van der Waals surface area contributed by atoms with Gasteiger partial charge in [0.1, 0.15) is 0 Å². The predicted molar refractivity (Wildman–Crippen MR) is 63.7 cm³/mol. The van der Waals surface area contributed by atoms with Gasteiger partial charge in [0.25, 0.3) is 0 Å². The molecule has 0 spiro atoms. The molecule has 0 unspecified atom stereocenters. The van der Waals surface area contributed by atoms with Crippen molar-refractivity contribution in [2.45, 2.75) is 0 Å². The van der Waals surface area contributed by atoms with Crippen LogP contribution in [0.3, 0.4) is 0 Å². The Kier molecular flexibility index (Phi) is 6.16. The molecule has 0 aromatic heterocycles. The predicted octanol–water partition coefficient (Wildman–Crippen LogP) is 1.21. The van der Waals surface area contributed by atoms with Crippen LogP contribution in [0.1, 0.15) is 0 Å². The summed E-state index contributed by atoms with van der Waals surface area (Å²) >= 11 is 0. The summed E-state index contributed by atoms with van der Waals surface area (Å²) in [4.78, 5) is 0. The molecule has 7 heteroatoms. The lowest BCUT2D eigenvalue weighted by atomic mass is 10.3. The highest BCUT2D eigenvalue weighted by atomic mass is 32.3. The van der Waals surface area contributed by atoms with E-state index in [9.17, 15) is 0 Å². The zero-order valence-corrected chi connectivity index (χ0v) is 9.31. The van der Waals surface area contributed by atoms with Gasteiger partial charge in [-0.15, -0.1) is 6.58 Å². The van der Waals surface area contributed by atoms with Gasteiger partial charge in [0, 0.05) is 17.9 Å². The molecule has 5 N–H and O–H groups in total. The van der Waals surface area contributed by atoms with E-state index in [-0.39, 0.29) is 0 Å². The Morgan fingerprint density at radius 3 is 2.44 bits per heavy atom. The second-order valence-corrected chi connectivity index (χ2v) is 3.64. The molecule has 0 saturated heterocycles. The summed E-state index contributed by atoms with van der Waals surface area (Å²) < 4.78 is 31.6. The first-order valence-corrected chi connectivity index (χ1v) is 5.63. The number of nitrogen functional groups attached to an aromatic ring is 1. The van der Waals surface area contributed by atoms with Gasteiger partial charge in [0.2, 0.25) is 0 Å². The third-order valence-corrected chi connectivity index (χ3v) is 1.34. The van der Waals surface area contributed by atoms with Gasteiger partial charge in [-0.25, -0.2) is 0 Å². The molecule has 0 aliphatic heterocycles. The van der Waals surface area contributed by atoms with E-state index in [1.165, 1.54) is 0 Å². The van der Waals surface area contributed by atoms with E-state index in [2.05, 4.69) is 11.9 Å². The zero-order valence-electron chi connectivity index (χ0n) is 8.50. The van der Waals surface area contributed by atoms with Crippen LogP contribution in [0.25, 0.3) is 0 Å². The van der Waals surface area contributed by atoms with Gasteiger partial charge in [-0.1, -0.05) is 12.1 Å². The number of hydrogen-bond donors (Lipinski definition) is 4. The fourth-order valence-electron chi connectivity index (χ4n) is 0.839. The van der Waals surface area contributed by atoms with Crippen molar-refractivity contribution in [3.8, 4) is 0 Å². The molecule has 0 amide bonds. The number of nitrogens with two attached hydrogens (primary N) is 1. The van der Waals surface area contributed by atoms with Crippen molar-refractivity contribution >= 4 is 21.8 Å². The third-order valence-electron chi connectivity index (χ3n) is 1.34. The maximum Gasteiger partial charge on any atom is 0.394 e. The van der Waals surface area contributed by atoms with Crippen LogP contribution in [0.4, 0.5) is 11.4 Å². The summed E-state index contributed by atoms with van der Waals surface area (Å²) in [5.41, 5.74) is 7.37. The van der Waals surface area contributed by atoms with Crippen molar-refractivity contribution in [2.75, 3.05) is 17.6 Å². The van der Waals surface area contributed by atoms with Crippen molar-refractivity contribution in [3.63, 3.8) is 0 Å². The van der Waals surface area contributed by atoms with Crippen LogP contribution in [0, 0.1) is 0 Å². The molecule has 0 heterocycles. The first kappa shape index (κ1) is 14.4. The van der Waals surface area contributed by atoms with Crippen molar-refractivity contribution in [1.82, 2.24) is 0 Å². The van der Waals surface area contributed by atoms with E-state index >= 15 is 0 Å². The first-order chi connectivity index (χ1) is 7.33. The molecule has 0 bridgehead atoms. The molecule has 1 rings (SSSR count). The monoisotopic (exact) mass is 246 g/mol. The van der Waals surface area contributed by atoms with Gasteiger partial charge < -0.3 is 11.1 Å². The molecule has 90 valence electrons. The van der Waals surface area contributed by atoms with Crippen LogP contribution in [-0.2, 0) is 10.4 Å². The molecule has 6 nitrogen and oxygen atoms in total. The maximum atomic E-state index is 8.74. The number of anilines is 2. The van der Waals surface area contributed by atoms with Crippen LogP contribution < -0.4 is 11.1 Å². The van der Waals surface area contributed by atoms with E-state index in [0.717, 1.165) is 17.9 Å². The Bertz CT molecular complexity index is 423. The molecule has 1 aromatic rings. The highest BCUT2D eigenvalue weighted by Crippen LogP contribution is 2.10. The SMILES string of the molecule is C=CCNc1cccc(N)c1.O=S(=O)(O)O. The Balaban J connectivity index is 0.000000385. The Morgan fingerprint density at radius 1 is 1.44 bits per heavy atom. The minimum atomic E-state index is -4.67. The second-order valence-electron chi connectivity index (χ2n) is 2.74. The molecule has 0 saturated carbocycles. The van der Waals surface area contributed by atoms with Gasteiger partial charge in [-0.2, -0.15) is 8.42 Å². The number of benzene rings is 1. The summed E-state index contributed by atoms with van der Waals surface area (Å²) in [6, 6.07) is 7.64. The molecule has 0 atom stereocenters. The molecular weight excluding hydrogens is 232 g/mol. The van der Waals surface area contributed by atoms with Gasteiger partial charge >= 0.3 is 10.4 Å². The third kappa shape index (κ3) is 10.5. The van der Waals surface area contributed by atoms with E-state index in [1.807, 2.05) is 30.3 Å². The van der Waals surface area contributed by atoms with Crippen molar-refractivity contribution < 1.29 is 17.5 Å². The molecular formula is C9H14N2O4S. The van der Waals surface area contributed by atoms with Crippen LogP contribution in [0.5, 0.6) is 0 Å². The summed E-state index contributed by atoms with van der Waals surface area (Å²) in [6.07, 6.45) is 1.81. The highest BCUT2D eigenvalue weighted by molar-refractivity contribution is 7.79. The van der Waals surface area contributed by atoms with E-state index in [4.69, 9.17) is 23.3 Å². The quantitative estimate of drug-likeness (QED) is 0.362. The average molecular weight is 246 g/mol. The van der Waals surface area contributed by atoms with E-state index < -0.39 is 10.4 Å². The smallest absolute Gasteiger partial charge is 0.394 e. The minimum Gasteiger partial charge on any atom is -0.399 e. The molecule has 0 fully saturated rings. The van der Waals surface area contributed by atoms with Crippen molar-refractivity contribution in [3.05, 3.63) is 36.9 Å².